The summed E-state index contributed by atoms with van der Waals surface area (Å²) in [5.41, 5.74) is 9.51. The van der Waals surface area contributed by atoms with Crippen LogP contribution in [0.4, 0.5) is 0 Å². The molecule has 0 atom stereocenters. The maximum atomic E-state index is 6.20. The Kier molecular flexibility index (Phi) is 6.24. The van der Waals surface area contributed by atoms with Crippen LogP contribution in [0.25, 0.3) is 89.0 Å². The van der Waals surface area contributed by atoms with E-state index in [-0.39, 0.29) is 0 Å². The molecule has 0 bridgehead atoms. The standard InChI is InChI=1S/C44H28N4O/c1-3-10-29-24-31(18-16-27(29)8-1)42-46-43(32-19-17-28-9-2-4-11-30(28)25-32)48-44(47-42)37-21-20-35(33-12-5-6-13-34(33)37)36-14-7-15-39-41(36)38-22-23-45-26-40(38)49-39/h1-16,18,20-26H,17,19H2. The number of allylic oxidation sites excluding steroid dienone is 1. The van der Waals surface area contributed by atoms with Gasteiger partial charge in [0.2, 0.25) is 0 Å². The summed E-state index contributed by atoms with van der Waals surface area (Å²) >= 11 is 0. The first-order valence-electron chi connectivity index (χ1n) is 16.6. The average Bonchev–Trinajstić information content (AvgIpc) is 3.56. The lowest BCUT2D eigenvalue weighted by molar-refractivity contribution is 0.667. The van der Waals surface area contributed by atoms with Gasteiger partial charge in [0.1, 0.15) is 5.58 Å². The van der Waals surface area contributed by atoms with Gasteiger partial charge in [-0.15, -0.1) is 0 Å². The normalized spacial score (nSPS) is 12.9. The van der Waals surface area contributed by atoms with Crippen molar-refractivity contribution in [2.24, 2.45) is 0 Å². The zero-order valence-electron chi connectivity index (χ0n) is 26.5. The molecule has 3 heterocycles. The Morgan fingerprint density at radius 1 is 0.510 bits per heavy atom. The molecule has 6 aromatic carbocycles. The molecule has 9 aromatic rings. The third-order valence-corrected chi connectivity index (χ3v) is 9.73. The van der Waals surface area contributed by atoms with Gasteiger partial charge >= 0.3 is 0 Å². The molecule has 1 aliphatic carbocycles. The van der Waals surface area contributed by atoms with Crippen LogP contribution in [0, 0.1) is 0 Å². The van der Waals surface area contributed by atoms with Crippen molar-refractivity contribution in [3.8, 4) is 33.9 Å². The molecule has 3 aromatic heterocycles. The first-order valence-corrected chi connectivity index (χ1v) is 16.6. The van der Waals surface area contributed by atoms with E-state index in [4.69, 9.17) is 19.4 Å². The van der Waals surface area contributed by atoms with Gasteiger partial charge < -0.3 is 4.42 Å². The van der Waals surface area contributed by atoms with Crippen LogP contribution in [0.3, 0.4) is 0 Å². The fraction of sp³-hybridized carbons (Fsp3) is 0.0455. The highest BCUT2D eigenvalue weighted by molar-refractivity contribution is 6.16. The molecule has 5 heteroatoms. The minimum atomic E-state index is 0.661. The molecule has 0 N–H and O–H groups in total. The fourth-order valence-electron chi connectivity index (χ4n) is 7.34. The van der Waals surface area contributed by atoms with Crippen LogP contribution in [0.1, 0.15) is 23.4 Å². The lowest BCUT2D eigenvalue weighted by atomic mass is 9.91. The van der Waals surface area contributed by atoms with Crippen LogP contribution in [0.5, 0.6) is 0 Å². The number of nitrogens with zero attached hydrogens (tertiary/aromatic N) is 4. The summed E-state index contributed by atoms with van der Waals surface area (Å²) < 4.78 is 6.20. The number of benzene rings is 6. The van der Waals surface area contributed by atoms with E-state index in [0.717, 1.165) is 84.6 Å². The topological polar surface area (TPSA) is 64.7 Å². The quantitative estimate of drug-likeness (QED) is 0.194. The largest absolute Gasteiger partial charge is 0.454 e. The summed E-state index contributed by atoms with van der Waals surface area (Å²) in [7, 11) is 0. The van der Waals surface area contributed by atoms with Crippen LogP contribution in [-0.4, -0.2) is 19.9 Å². The van der Waals surface area contributed by atoms with Crippen LogP contribution in [0.2, 0.25) is 0 Å². The Morgan fingerprint density at radius 2 is 1.29 bits per heavy atom. The average molecular weight is 629 g/mol. The van der Waals surface area contributed by atoms with Gasteiger partial charge in [-0.2, -0.15) is 0 Å². The maximum Gasteiger partial charge on any atom is 0.164 e. The van der Waals surface area contributed by atoms with Crippen molar-refractivity contribution in [2.45, 2.75) is 12.8 Å². The maximum absolute atomic E-state index is 6.20. The van der Waals surface area contributed by atoms with Crippen molar-refractivity contribution >= 4 is 55.1 Å². The Bertz CT molecular complexity index is 2790. The van der Waals surface area contributed by atoms with Gasteiger partial charge in [-0.1, -0.05) is 103 Å². The second kappa shape index (κ2) is 11.1. The first-order chi connectivity index (χ1) is 24.3. The second-order valence-electron chi connectivity index (χ2n) is 12.6. The number of fused-ring (bicyclic) bond motifs is 6. The van der Waals surface area contributed by atoms with Crippen molar-refractivity contribution in [3.05, 3.63) is 157 Å². The lowest BCUT2D eigenvalue weighted by Gasteiger charge is -2.17. The van der Waals surface area contributed by atoms with Crippen LogP contribution in [0.15, 0.2) is 144 Å². The minimum absolute atomic E-state index is 0.661. The minimum Gasteiger partial charge on any atom is -0.454 e. The van der Waals surface area contributed by atoms with Gasteiger partial charge in [-0.05, 0) is 92.6 Å². The molecule has 0 unspecified atom stereocenters. The van der Waals surface area contributed by atoms with Gasteiger partial charge in [-0.3, -0.25) is 4.98 Å². The molecular formula is C44H28N4O. The third kappa shape index (κ3) is 4.62. The summed E-state index contributed by atoms with van der Waals surface area (Å²) in [6.07, 6.45) is 7.67. The van der Waals surface area contributed by atoms with E-state index in [0.29, 0.717) is 11.6 Å². The fourth-order valence-corrected chi connectivity index (χ4v) is 7.34. The molecular weight excluding hydrogens is 601 g/mol. The van der Waals surface area contributed by atoms with Crippen LogP contribution < -0.4 is 0 Å². The van der Waals surface area contributed by atoms with Crippen molar-refractivity contribution in [2.75, 3.05) is 0 Å². The van der Waals surface area contributed by atoms with E-state index in [1.165, 1.54) is 16.5 Å². The lowest BCUT2D eigenvalue weighted by Crippen LogP contribution is -2.06. The van der Waals surface area contributed by atoms with E-state index in [2.05, 4.69) is 126 Å². The Balaban J connectivity index is 1.19. The molecule has 0 saturated carbocycles. The summed E-state index contributed by atoms with van der Waals surface area (Å²) in [4.78, 5) is 19.8. The highest BCUT2D eigenvalue weighted by Crippen LogP contribution is 2.41. The number of hydrogen-bond acceptors (Lipinski definition) is 5. The SMILES string of the molecule is C1=C(c2nc(-c3ccc4ccccc4c3)nc(-c3ccc(-c4cccc5oc6cnccc6c45)c4ccccc34)n2)CCc2ccccc21. The highest BCUT2D eigenvalue weighted by Gasteiger charge is 2.20. The van der Waals surface area contributed by atoms with Crippen LogP contribution in [-0.2, 0) is 6.42 Å². The predicted molar refractivity (Wildman–Crippen MR) is 199 cm³/mol. The predicted octanol–water partition coefficient (Wildman–Crippen LogP) is 11.0. The van der Waals surface area contributed by atoms with Crippen molar-refractivity contribution in [3.63, 3.8) is 0 Å². The molecule has 230 valence electrons. The van der Waals surface area contributed by atoms with E-state index in [1.807, 2.05) is 18.3 Å². The number of hydrogen-bond donors (Lipinski definition) is 0. The molecule has 0 saturated heterocycles. The first kappa shape index (κ1) is 27.6. The molecule has 0 aliphatic heterocycles. The van der Waals surface area contributed by atoms with E-state index < -0.39 is 0 Å². The Labute approximate surface area is 282 Å². The van der Waals surface area contributed by atoms with Gasteiger partial charge in [0.25, 0.3) is 0 Å². The van der Waals surface area contributed by atoms with E-state index in [9.17, 15) is 0 Å². The smallest absolute Gasteiger partial charge is 0.164 e. The van der Waals surface area contributed by atoms with Crippen molar-refractivity contribution in [1.29, 1.82) is 0 Å². The van der Waals surface area contributed by atoms with Gasteiger partial charge in [0, 0.05) is 28.1 Å². The molecule has 0 spiro atoms. The Morgan fingerprint density at radius 3 is 2.22 bits per heavy atom. The number of pyridine rings is 1. The molecule has 10 rings (SSSR count). The number of aromatic nitrogens is 4. The molecule has 0 amide bonds. The summed E-state index contributed by atoms with van der Waals surface area (Å²) in [6, 6.07) is 44.6. The summed E-state index contributed by atoms with van der Waals surface area (Å²) in [5, 5.41) is 6.68. The number of rotatable bonds is 4. The van der Waals surface area contributed by atoms with Gasteiger partial charge in [-0.25, -0.2) is 15.0 Å². The van der Waals surface area contributed by atoms with Gasteiger partial charge in [0.05, 0.1) is 6.20 Å². The van der Waals surface area contributed by atoms with E-state index in [1.54, 1.807) is 6.20 Å². The molecule has 1 aliphatic rings. The van der Waals surface area contributed by atoms with Crippen molar-refractivity contribution < 1.29 is 4.42 Å². The van der Waals surface area contributed by atoms with E-state index >= 15 is 0 Å². The second-order valence-corrected chi connectivity index (χ2v) is 12.6. The highest BCUT2D eigenvalue weighted by atomic mass is 16.3. The number of furan rings is 1. The molecule has 5 nitrogen and oxygen atoms in total. The molecule has 49 heavy (non-hydrogen) atoms. The van der Waals surface area contributed by atoms with Crippen molar-refractivity contribution in [1.82, 2.24) is 19.9 Å². The monoisotopic (exact) mass is 628 g/mol. The molecule has 0 fully saturated rings. The number of aryl methyl sites for hydroxylation is 1. The molecule has 0 radical (unpaired) electrons. The zero-order chi connectivity index (χ0) is 32.3. The summed E-state index contributed by atoms with van der Waals surface area (Å²) in [5.74, 6) is 2.05. The third-order valence-electron chi connectivity index (χ3n) is 9.73. The Hall–Kier alpha value is -6.46. The zero-order valence-corrected chi connectivity index (χ0v) is 26.5. The summed E-state index contributed by atoms with van der Waals surface area (Å²) in [6.45, 7) is 0. The van der Waals surface area contributed by atoms with Crippen LogP contribution >= 0.6 is 0 Å². The van der Waals surface area contributed by atoms with Gasteiger partial charge in [0.15, 0.2) is 23.1 Å².